The second-order valence-electron chi connectivity index (χ2n) is 4.50. The van der Waals surface area contributed by atoms with Gasteiger partial charge in [-0.15, -0.1) is 15.0 Å². The highest BCUT2D eigenvalue weighted by atomic mass is 35.5. The average molecular weight is 334 g/mol. The van der Waals surface area contributed by atoms with Crippen LogP contribution >= 0.6 is 11.6 Å². The fraction of sp³-hybridized carbons (Fsp3) is 0.0714. The largest absolute Gasteiger partial charge is 0.436 e. The van der Waals surface area contributed by atoms with Crippen LogP contribution in [0.3, 0.4) is 0 Å². The van der Waals surface area contributed by atoms with Gasteiger partial charge in [0.05, 0.1) is 10.7 Å². The summed E-state index contributed by atoms with van der Waals surface area (Å²) in [5.74, 6) is -0.724. The molecule has 0 atom stereocenters. The van der Waals surface area contributed by atoms with Crippen molar-refractivity contribution in [3.63, 3.8) is 0 Å². The third-order valence-electron chi connectivity index (χ3n) is 2.78. The van der Waals surface area contributed by atoms with Gasteiger partial charge < -0.3 is 4.74 Å². The molecule has 7 nitrogen and oxygen atoms in total. The van der Waals surface area contributed by atoms with E-state index in [1.165, 1.54) is 17.9 Å². The molecule has 0 N–H and O–H groups in total. The number of nitrogens with zero attached hydrogens (tertiary/aromatic N) is 5. The maximum atomic E-state index is 13.6. The molecule has 116 valence electrons. The predicted octanol–water partition coefficient (Wildman–Crippen LogP) is 2.84. The van der Waals surface area contributed by atoms with Crippen LogP contribution in [0.1, 0.15) is 17.5 Å². The maximum Gasteiger partial charge on any atom is 0.255 e. The first-order chi connectivity index (χ1) is 11.0. The molecule has 0 amide bonds. The number of carbonyl (C=O) groups excluding carboxylic acids is 1. The molecule has 0 aliphatic carbocycles. The molecule has 0 saturated carbocycles. The van der Waals surface area contributed by atoms with Crippen LogP contribution in [0.15, 0.2) is 36.5 Å². The zero-order valence-electron chi connectivity index (χ0n) is 11.8. The van der Waals surface area contributed by atoms with Gasteiger partial charge in [-0.05, 0) is 35.5 Å². The van der Waals surface area contributed by atoms with Gasteiger partial charge in [0.2, 0.25) is 11.6 Å². The van der Waals surface area contributed by atoms with Crippen molar-refractivity contribution in [3.05, 3.63) is 53.2 Å². The first-order valence-corrected chi connectivity index (χ1v) is 6.81. The minimum absolute atomic E-state index is 0.0257. The number of ketones is 1. The van der Waals surface area contributed by atoms with E-state index in [-0.39, 0.29) is 22.5 Å². The number of aromatic nitrogens is 5. The Morgan fingerprint density at radius 2 is 2.04 bits per heavy atom. The van der Waals surface area contributed by atoms with Crippen LogP contribution in [0.4, 0.5) is 4.39 Å². The highest BCUT2D eigenvalue weighted by Crippen LogP contribution is 2.24. The standard InChI is InChI=1S/C14H9ClFN5O2/c1-8(22)13-18-20-21(19-13)10-2-4-11(5-3-10)23-14-12(16)6-9(15)7-17-14/h2-7H,1H3. The lowest BCUT2D eigenvalue weighted by Gasteiger charge is -2.06. The van der Waals surface area contributed by atoms with E-state index < -0.39 is 5.82 Å². The summed E-state index contributed by atoms with van der Waals surface area (Å²) in [6.07, 6.45) is 1.29. The Hall–Kier alpha value is -2.87. The van der Waals surface area contributed by atoms with E-state index in [1.54, 1.807) is 24.3 Å². The SMILES string of the molecule is CC(=O)c1nnn(-c2ccc(Oc3ncc(Cl)cc3F)cc2)n1. The normalized spacial score (nSPS) is 10.6. The number of carbonyl (C=O) groups is 1. The van der Waals surface area contributed by atoms with E-state index in [2.05, 4.69) is 20.4 Å². The van der Waals surface area contributed by atoms with Gasteiger partial charge in [0.25, 0.3) is 5.88 Å². The number of halogens is 2. The van der Waals surface area contributed by atoms with Crippen LogP contribution in [0.25, 0.3) is 5.69 Å². The van der Waals surface area contributed by atoms with Gasteiger partial charge in [-0.2, -0.15) is 0 Å². The van der Waals surface area contributed by atoms with Crippen molar-refractivity contribution >= 4 is 17.4 Å². The Labute approximate surface area is 134 Å². The molecule has 1 aromatic carbocycles. The molecule has 9 heteroatoms. The third kappa shape index (κ3) is 3.32. The van der Waals surface area contributed by atoms with Gasteiger partial charge in [0, 0.05) is 13.1 Å². The number of pyridine rings is 1. The predicted molar refractivity (Wildman–Crippen MR) is 78.4 cm³/mol. The van der Waals surface area contributed by atoms with Crippen molar-refractivity contribution in [3.8, 4) is 17.3 Å². The third-order valence-corrected chi connectivity index (χ3v) is 2.99. The maximum absolute atomic E-state index is 13.6. The number of rotatable bonds is 4. The Kier molecular flexibility index (Phi) is 3.98. The quantitative estimate of drug-likeness (QED) is 0.683. The summed E-state index contributed by atoms with van der Waals surface area (Å²) in [7, 11) is 0. The monoisotopic (exact) mass is 333 g/mol. The van der Waals surface area contributed by atoms with E-state index in [0.29, 0.717) is 11.4 Å². The summed E-state index contributed by atoms with van der Waals surface area (Å²) in [5.41, 5.74) is 0.571. The molecule has 0 unspecified atom stereocenters. The molecule has 0 saturated heterocycles. The number of Topliss-reactive ketones (excluding diaryl/α,β-unsaturated/α-hetero) is 1. The minimum Gasteiger partial charge on any atom is -0.436 e. The lowest BCUT2D eigenvalue weighted by molar-refractivity contribution is 0.100. The van der Waals surface area contributed by atoms with Gasteiger partial charge in [0.15, 0.2) is 5.82 Å². The van der Waals surface area contributed by atoms with Gasteiger partial charge in [-0.25, -0.2) is 9.37 Å². The molecule has 2 heterocycles. The van der Waals surface area contributed by atoms with E-state index in [1.807, 2.05) is 0 Å². The lowest BCUT2D eigenvalue weighted by Crippen LogP contribution is -2.01. The summed E-state index contributed by atoms with van der Waals surface area (Å²) in [6, 6.07) is 7.55. The Balaban J connectivity index is 1.80. The molecule has 3 rings (SSSR count). The fourth-order valence-corrected chi connectivity index (χ4v) is 1.85. The highest BCUT2D eigenvalue weighted by molar-refractivity contribution is 6.30. The summed E-state index contributed by atoms with van der Waals surface area (Å²) in [6.45, 7) is 1.35. The number of hydrogen-bond acceptors (Lipinski definition) is 6. The Morgan fingerprint density at radius 3 is 2.65 bits per heavy atom. The summed E-state index contributed by atoms with van der Waals surface area (Å²) >= 11 is 5.63. The van der Waals surface area contributed by atoms with E-state index >= 15 is 0 Å². The molecule has 0 spiro atoms. The molecule has 3 aromatic rings. The number of ether oxygens (including phenoxy) is 1. The van der Waals surface area contributed by atoms with Crippen LogP contribution in [0.2, 0.25) is 5.02 Å². The van der Waals surface area contributed by atoms with Crippen molar-refractivity contribution in [2.24, 2.45) is 0 Å². The molecular weight excluding hydrogens is 325 g/mol. The first-order valence-electron chi connectivity index (χ1n) is 6.43. The van der Waals surface area contributed by atoms with Crippen molar-refractivity contribution in [2.45, 2.75) is 6.92 Å². The topological polar surface area (TPSA) is 82.8 Å². The fourth-order valence-electron chi connectivity index (χ4n) is 1.70. The number of hydrogen-bond donors (Lipinski definition) is 0. The van der Waals surface area contributed by atoms with Crippen LogP contribution in [-0.4, -0.2) is 31.0 Å². The van der Waals surface area contributed by atoms with Crippen molar-refractivity contribution < 1.29 is 13.9 Å². The summed E-state index contributed by atoms with van der Waals surface area (Å²) in [4.78, 5) is 16.1. The zero-order valence-corrected chi connectivity index (χ0v) is 12.5. The molecule has 23 heavy (non-hydrogen) atoms. The van der Waals surface area contributed by atoms with Gasteiger partial charge in [-0.1, -0.05) is 11.6 Å². The molecule has 0 fully saturated rings. The Bertz CT molecular complexity index is 866. The lowest BCUT2D eigenvalue weighted by atomic mass is 10.3. The number of benzene rings is 1. The van der Waals surface area contributed by atoms with Crippen molar-refractivity contribution in [2.75, 3.05) is 0 Å². The molecule has 0 aliphatic heterocycles. The van der Waals surface area contributed by atoms with Crippen LogP contribution in [0, 0.1) is 5.82 Å². The molecule has 0 aliphatic rings. The van der Waals surface area contributed by atoms with Crippen LogP contribution in [0.5, 0.6) is 11.6 Å². The van der Waals surface area contributed by atoms with Crippen molar-refractivity contribution in [1.29, 1.82) is 0 Å². The average Bonchev–Trinajstić information content (AvgIpc) is 3.01. The molecule has 2 aromatic heterocycles. The molecular formula is C14H9ClFN5O2. The smallest absolute Gasteiger partial charge is 0.255 e. The molecule has 0 bridgehead atoms. The highest BCUT2D eigenvalue weighted by Gasteiger charge is 2.10. The Morgan fingerprint density at radius 1 is 1.30 bits per heavy atom. The minimum atomic E-state index is -0.661. The van der Waals surface area contributed by atoms with Gasteiger partial charge in [-0.3, -0.25) is 4.79 Å². The zero-order chi connectivity index (χ0) is 16.4. The van der Waals surface area contributed by atoms with E-state index in [4.69, 9.17) is 16.3 Å². The second kappa shape index (κ2) is 6.09. The van der Waals surface area contributed by atoms with Crippen molar-refractivity contribution in [1.82, 2.24) is 25.2 Å². The summed E-state index contributed by atoms with van der Waals surface area (Å²) < 4.78 is 19.0. The van der Waals surface area contributed by atoms with E-state index in [9.17, 15) is 9.18 Å². The van der Waals surface area contributed by atoms with E-state index in [0.717, 1.165) is 6.07 Å². The first kappa shape index (κ1) is 15.0. The van der Waals surface area contributed by atoms with Crippen LogP contribution in [-0.2, 0) is 0 Å². The van der Waals surface area contributed by atoms with Gasteiger partial charge in [0.1, 0.15) is 5.75 Å². The second-order valence-corrected chi connectivity index (χ2v) is 4.93. The summed E-state index contributed by atoms with van der Waals surface area (Å²) in [5, 5.41) is 11.5. The van der Waals surface area contributed by atoms with Crippen LogP contribution < -0.4 is 4.74 Å². The number of tetrazole rings is 1. The molecule has 0 radical (unpaired) electrons. The van der Waals surface area contributed by atoms with Gasteiger partial charge >= 0.3 is 0 Å².